The summed E-state index contributed by atoms with van der Waals surface area (Å²) in [5, 5.41) is 5.02. The SMILES string of the molecule is CCCOc1ccc(/C=C/C(=O)NCCOc2cccc3ccccc23)cc1OC. The molecule has 3 aromatic rings. The molecule has 30 heavy (non-hydrogen) atoms. The lowest BCUT2D eigenvalue weighted by molar-refractivity contribution is -0.116. The highest BCUT2D eigenvalue weighted by Crippen LogP contribution is 2.28. The van der Waals surface area contributed by atoms with Crippen molar-refractivity contribution in [1.29, 1.82) is 0 Å². The van der Waals surface area contributed by atoms with Crippen LogP contribution >= 0.6 is 0 Å². The molecule has 1 amide bonds. The molecule has 0 radical (unpaired) electrons. The smallest absolute Gasteiger partial charge is 0.244 e. The molecular formula is C25H27NO4. The van der Waals surface area contributed by atoms with Crippen LogP contribution in [0.3, 0.4) is 0 Å². The van der Waals surface area contributed by atoms with Gasteiger partial charge in [-0.15, -0.1) is 0 Å². The number of carbonyl (C=O) groups is 1. The van der Waals surface area contributed by atoms with Gasteiger partial charge in [-0.25, -0.2) is 0 Å². The molecule has 0 saturated carbocycles. The van der Waals surface area contributed by atoms with Crippen molar-refractivity contribution in [2.75, 3.05) is 26.9 Å². The van der Waals surface area contributed by atoms with Crippen LogP contribution in [0.2, 0.25) is 0 Å². The largest absolute Gasteiger partial charge is 0.493 e. The molecule has 0 aliphatic rings. The van der Waals surface area contributed by atoms with E-state index in [0.717, 1.165) is 28.5 Å². The number of fused-ring (bicyclic) bond motifs is 1. The Morgan fingerprint density at radius 1 is 0.933 bits per heavy atom. The molecule has 0 saturated heterocycles. The topological polar surface area (TPSA) is 56.8 Å². The Hall–Kier alpha value is -3.47. The maximum atomic E-state index is 12.1. The molecule has 3 rings (SSSR count). The van der Waals surface area contributed by atoms with Crippen molar-refractivity contribution in [2.45, 2.75) is 13.3 Å². The maximum Gasteiger partial charge on any atom is 0.244 e. The van der Waals surface area contributed by atoms with Crippen molar-refractivity contribution in [3.63, 3.8) is 0 Å². The van der Waals surface area contributed by atoms with Crippen molar-refractivity contribution in [2.24, 2.45) is 0 Å². The number of benzene rings is 3. The van der Waals surface area contributed by atoms with E-state index in [0.29, 0.717) is 31.3 Å². The van der Waals surface area contributed by atoms with Crippen LogP contribution in [0.5, 0.6) is 17.2 Å². The van der Waals surface area contributed by atoms with E-state index in [1.165, 1.54) is 6.08 Å². The number of ether oxygens (including phenoxy) is 3. The molecule has 0 bridgehead atoms. The molecule has 0 heterocycles. The molecular weight excluding hydrogens is 378 g/mol. The van der Waals surface area contributed by atoms with Crippen molar-refractivity contribution < 1.29 is 19.0 Å². The molecule has 0 atom stereocenters. The first kappa shape index (κ1) is 21.2. The zero-order valence-electron chi connectivity index (χ0n) is 17.4. The van der Waals surface area contributed by atoms with Gasteiger partial charge in [-0.05, 0) is 41.6 Å². The Morgan fingerprint density at radius 3 is 2.57 bits per heavy atom. The van der Waals surface area contributed by atoms with Gasteiger partial charge in [0.15, 0.2) is 11.5 Å². The average Bonchev–Trinajstić information content (AvgIpc) is 2.79. The number of amides is 1. The Morgan fingerprint density at radius 2 is 1.73 bits per heavy atom. The van der Waals surface area contributed by atoms with E-state index in [2.05, 4.69) is 12.2 Å². The summed E-state index contributed by atoms with van der Waals surface area (Å²) in [5.74, 6) is 1.98. The van der Waals surface area contributed by atoms with Gasteiger partial charge < -0.3 is 19.5 Å². The monoisotopic (exact) mass is 405 g/mol. The molecule has 5 nitrogen and oxygen atoms in total. The van der Waals surface area contributed by atoms with Gasteiger partial charge in [0.1, 0.15) is 12.4 Å². The molecule has 156 valence electrons. The summed E-state index contributed by atoms with van der Waals surface area (Å²) in [5.41, 5.74) is 0.859. The van der Waals surface area contributed by atoms with Crippen LogP contribution in [0.15, 0.2) is 66.7 Å². The Kier molecular flexibility index (Phi) is 7.72. The van der Waals surface area contributed by atoms with E-state index in [4.69, 9.17) is 14.2 Å². The summed E-state index contributed by atoms with van der Waals surface area (Å²) in [6, 6.07) is 19.6. The summed E-state index contributed by atoms with van der Waals surface area (Å²) in [6.45, 7) is 3.49. The second kappa shape index (κ2) is 10.9. The van der Waals surface area contributed by atoms with E-state index < -0.39 is 0 Å². The lowest BCUT2D eigenvalue weighted by Crippen LogP contribution is -2.26. The van der Waals surface area contributed by atoms with Crippen LogP contribution in [0.1, 0.15) is 18.9 Å². The summed E-state index contributed by atoms with van der Waals surface area (Å²) in [4.78, 5) is 12.1. The van der Waals surface area contributed by atoms with Gasteiger partial charge in [0.05, 0.1) is 20.3 Å². The first-order valence-corrected chi connectivity index (χ1v) is 10.1. The van der Waals surface area contributed by atoms with E-state index >= 15 is 0 Å². The van der Waals surface area contributed by atoms with Gasteiger partial charge in [0, 0.05) is 11.5 Å². The van der Waals surface area contributed by atoms with Crippen LogP contribution in [-0.2, 0) is 4.79 Å². The Bertz CT molecular complexity index is 1010. The highest BCUT2D eigenvalue weighted by Gasteiger charge is 2.05. The van der Waals surface area contributed by atoms with E-state index in [-0.39, 0.29) is 5.91 Å². The number of carbonyl (C=O) groups excluding carboxylic acids is 1. The van der Waals surface area contributed by atoms with Gasteiger partial charge in [-0.2, -0.15) is 0 Å². The van der Waals surface area contributed by atoms with E-state index in [1.807, 2.05) is 60.7 Å². The lowest BCUT2D eigenvalue weighted by Gasteiger charge is -2.10. The average molecular weight is 405 g/mol. The molecule has 0 aliphatic carbocycles. The third-order valence-corrected chi connectivity index (χ3v) is 4.49. The second-order valence-corrected chi connectivity index (χ2v) is 6.71. The molecule has 5 heteroatoms. The second-order valence-electron chi connectivity index (χ2n) is 6.71. The van der Waals surface area contributed by atoms with Crippen LogP contribution in [0.4, 0.5) is 0 Å². The summed E-state index contributed by atoms with van der Waals surface area (Å²) >= 11 is 0. The number of nitrogens with one attached hydrogen (secondary N) is 1. The van der Waals surface area contributed by atoms with Crippen molar-refractivity contribution in [1.82, 2.24) is 5.32 Å². The molecule has 0 fully saturated rings. The van der Waals surface area contributed by atoms with Gasteiger partial charge in [0.2, 0.25) is 5.91 Å². The van der Waals surface area contributed by atoms with Crippen LogP contribution < -0.4 is 19.5 Å². The fourth-order valence-electron chi connectivity index (χ4n) is 3.01. The van der Waals surface area contributed by atoms with Gasteiger partial charge in [0.25, 0.3) is 0 Å². The first-order chi connectivity index (χ1) is 14.7. The Labute approximate surface area is 177 Å². The minimum Gasteiger partial charge on any atom is -0.493 e. The lowest BCUT2D eigenvalue weighted by atomic mass is 10.1. The number of methoxy groups -OCH3 is 1. The molecule has 0 aromatic heterocycles. The summed E-state index contributed by atoms with van der Waals surface area (Å²) < 4.78 is 16.8. The first-order valence-electron chi connectivity index (χ1n) is 10.1. The zero-order valence-corrected chi connectivity index (χ0v) is 17.4. The maximum absolute atomic E-state index is 12.1. The molecule has 3 aromatic carbocycles. The van der Waals surface area contributed by atoms with Crippen LogP contribution in [0.25, 0.3) is 16.8 Å². The quantitative estimate of drug-likeness (QED) is 0.387. The normalized spacial score (nSPS) is 10.9. The zero-order chi connectivity index (χ0) is 21.2. The third-order valence-electron chi connectivity index (χ3n) is 4.49. The highest BCUT2D eigenvalue weighted by molar-refractivity contribution is 5.91. The molecule has 0 aliphatic heterocycles. The highest BCUT2D eigenvalue weighted by atomic mass is 16.5. The Balaban J connectivity index is 1.49. The number of hydrogen-bond acceptors (Lipinski definition) is 4. The molecule has 0 unspecified atom stereocenters. The summed E-state index contributed by atoms with van der Waals surface area (Å²) in [6.07, 6.45) is 4.17. The van der Waals surface area contributed by atoms with E-state index in [9.17, 15) is 4.79 Å². The summed E-state index contributed by atoms with van der Waals surface area (Å²) in [7, 11) is 1.60. The number of rotatable bonds is 10. The van der Waals surface area contributed by atoms with Gasteiger partial charge >= 0.3 is 0 Å². The standard InChI is InChI=1S/C25H27NO4/c1-3-16-29-23-13-11-19(18-24(23)28-2)12-14-25(27)26-15-17-30-22-10-6-8-20-7-4-5-9-21(20)22/h4-14,18H,3,15-17H2,1-2H3,(H,26,27)/b14-12+. The fourth-order valence-corrected chi connectivity index (χ4v) is 3.01. The molecule has 1 N–H and O–H groups in total. The third kappa shape index (κ3) is 5.77. The van der Waals surface area contributed by atoms with Crippen molar-refractivity contribution in [3.8, 4) is 17.2 Å². The minimum atomic E-state index is -0.179. The molecule has 0 spiro atoms. The fraction of sp³-hybridized carbons (Fsp3) is 0.240. The van der Waals surface area contributed by atoms with Crippen molar-refractivity contribution in [3.05, 3.63) is 72.3 Å². The van der Waals surface area contributed by atoms with Crippen molar-refractivity contribution >= 4 is 22.8 Å². The number of hydrogen-bond donors (Lipinski definition) is 1. The van der Waals surface area contributed by atoms with Crippen LogP contribution in [0, 0.1) is 0 Å². The van der Waals surface area contributed by atoms with Gasteiger partial charge in [-0.3, -0.25) is 4.79 Å². The minimum absolute atomic E-state index is 0.179. The van der Waals surface area contributed by atoms with Crippen LogP contribution in [-0.4, -0.2) is 32.8 Å². The van der Waals surface area contributed by atoms with Gasteiger partial charge in [-0.1, -0.05) is 49.4 Å². The van der Waals surface area contributed by atoms with E-state index in [1.54, 1.807) is 13.2 Å². The predicted molar refractivity (Wildman–Crippen MR) is 120 cm³/mol. The predicted octanol–water partition coefficient (Wildman–Crippen LogP) is 4.85.